The second-order valence-electron chi connectivity index (χ2n) is 7.19. The molecule has 0 bridgehead atoms. The number of aromatic nitrogens is 1. The van der Waals surface area contributed by atoms with Gasteiger partial charge in [0, 0.05) is 19.8 Å². The Kier molecular flexibility index (Phi) is 4.62. The van der Waals surface area contributed by atoms with E-state index in [4.69, 9.17) is 4.42 Å². The average molecular weight is 408 g/mol. The molecule has 1 aromatic heterocycles. The van der Waals surface area contributed by atoms with Gasteiger partial charge in [0.1, 0.15) is 12.1 Å². The number of oxazole rings is 1. The molecule has 0 aliphatic heterocycles. The molecule has 1 amide bonds. The van der Waals surface area contributed by atoms with Gasteiger partial charge in [0.25, 0.3) is 11.9 Å². The van der Waals surface area contributed by atoms with Crippen LogP contribution in [0.4, 0.5) is 16.1 Å². The predicted molar refractivity (Wildman–Crippen MR) is 100 cm³/mol. The van der Waals surface area contributed by atoms with Crippen LogP contribution in [0.5, 0.6) is 0 Å². The molecule has 4 rings (SSSR count). The first kappa shape index (κ1) is 18.9. The van der Waals surface area contributed by atoms with E-state index in [1.165, 1.54) is 14.1 Å². The van der Waals surface area contributed by atoms with Gasteiger partial charge in [0.05, 0.1) is 0 Å². The summed E-state index contributed by atoms with van der Waals surface area (Å²) < 4.78 is 46.4. The molecular formula is C18H21FN4O4S. The second kappa shape index (κ2) is 6.85. The molecule has 2 aromatic rings. The Morgan fingerprint density at radius 3 is 2.25 bits per heavy atom. The number of carbonyl (C=O) groups is 1. The molecule has 0 fully saturated rings. The molecule has 0 unspecified atom stereocenters. The van der Waals surface area contributed by atoms with Crippen LogP contribution in [-0.4, -0.2) is 37.7 Å². The number of amides is 1. The summed E-state index contributed by atoms with van der Waals surface area (Å²) in [5.41, 5.74) is 4.05. The molecule has 10 heteroatoms. The second-order valence-corrected chi connectivity index (χ2v) is 9.08. The Morgan fingerprint density at radius 2 is 1.68 bits per heavy atom. The number of anilines is 2. The van der Waals surface area contributed by atoms with E-state index in [1.54, 1.807) is 0 Å². The highest BCUT2D eigenvalue weighted by Crippen LogP contribution is 2.41. The Morgan fingerprint density at radius 1 is 1.11 bits per heavy atom. The summed E-state index contributed by atoms with van der Waals surface area (Å²) in [5.74, 6) is -0.966. The first-order valence-corrected chi connectivity index (χ1v) is 10.5. The topological polar surface area (TPSA) is 105 Å². The molecule has 1 aromatic carbocycles. The standard InChI is InChI=1S/C18H21FN4O4S/c1-23(2)28(25,26)22-17(24)14-9-27-18(20-14)21-16-12-7-3-5-10(12)15(19)11-6-4-8-13(11)16/h9H,3-8H2,1-2H3,(H,20,21)(H,22,24). The smallest absolute Gasteiger partial charge is 0.303 e. The van der Waals surface area contributed by atoms with Gasteiger partial charge in [-0.1, -0.05) is 0 Å². The average Bonchev–Trinajstić information content (AvgIpc) is 3.37. The van der Waals surface area contributed by atoms with E-state index < -0.39 is 16.1 Å². The van der Waals surface area contributed by atoms with Crippen LogP contribution in [0.25, 0.3) is 0 Å². The van der Waals surface area contributed by atoms with Gasteiger partial charge in [-0.3, -0.25) is 4.79 Å². The van der Waals surface area contributed by atoms with Crippen molar-refractivity contribution in [1.82, 2.24) is 14.0 Å². The summed E-state index contributed by atoms with van der Waals surface area (Å²) in [5, 5.41) is 3.11. The molecule has 28 heavy (non-hydrogen) atoms. The molecule has 1 heterocycles. The number of hydrogen-bond donors (Lipinski definition) is 2. The Balaban J connectivity index is 1.62. The van der Waals surface area contributed by atoms with Gasteiger partial charge in [-0.2, -0.15) is 17.7 Å². The van der Waals surface area contributed by atoms with Crippen LogP contribution in [0.15, 0.2) is 10.7 Å². The van der Waals surface area contributed by atoms with Gasteiger partial charge in [0.15, 0.2) is 5.69 Å². The number of rotatable bonds is 5. The molecule has 2 aliphatic rings. The van der Waals surface area contributed by atoms with Gasteiger partial charge in [-0.15, -0.1) is 0 Å². The summed E-state index contributed by atoms with van der Waals surface area (Å²) >= 11 is 0. The summed E-state index contributed by atoms with van der Waals surface area (Å²) in [6.07, 6.45) is 5.85. The van der Waals surface area contributed by atoms with Crippen LogP contribution >= 0.6 is 0 Å². The van der Waals surface area contributed by atoms with E-state index >= 15 is 0 Å². The van der Waals surface area contributed by atoms with E-state index in [0.717, 1.165) is 64.2 Å². The van der Waals surface area contributed by atoms with Crippen LogP contribution < -0.4 is 10.0 Å². The fourth-order valence-electron chi connectivity index (χ4n) is 3.84. The molecule has 0 saturated heterocycles. The molecule has 2 aliphatic carbocycles. The van der Waals surface area contributed by atoms with Crippen molar-refractivity contribution in [2.45, 2.75) is 38.5 Å². The maximum atomic E-state index is 14.7. The maximum Gasteiger partial charge on any atom is 0.303 e. The lowest BCUT2D eigenvalue weighted by Crippen LogP contribution is -2.39. The number of nitrogens with zero attached hydrogens (tertiary/aromatic N) is 2. The lowest BCUT2D eigenvalue weighted by Gasteiger charge is -2.16. The Bertz CT molecular complexity index is 1030. The highest BCUT2D eigenvalue weighted by Gasteiger charge is 2.30. The third-order valence-electron chi connectivity index (χ3n) is 5.24. The lowest BCUT2D eigenvalue weighted by molar-refractivity contribution is 0.0975. The lowest BCUT2D eigenvalue weighted by atomic mass is 9.98. The number of hydrogen-bond acceptors (Lipinski definition) is 6. The molecule has 0 spiro atoms. The summed E-state index contributed by atoms with van der Waals surface area (Å²) in [7, 11) is -1.31. The van der Waals surface area contributed by atoms with Gasteiger partial charge >= 0.3 is 10.2 Å². The monoisotopic (exact) mass is 408 g/mol. The predicted octanol–water partition coefficient (Wildman–Crippen LogP) is 2.07. The minimum Gasteiger partial charge on any atom is -0.431 e. The zero-order valence-electron chi connectivity index (χ0n) is 15.6. The third-order valence-corrected chi connectivity index (χ3v) is 6.65. The number of fused-ring (bicyclic) bond motifs is 2. The van der Waals surface area contributed by atoms with Crippen LogP contribution in [0.2, 0.25) is 0 Å². The van der Waals surface area contributed by atoms with Gasteiger partial charge in [-0.05, 0) is 60.8 Å². The highest BCUT2D eigenvalue weighted by atomic mass is 32.2. The van der Waals surface area contributed by atoms with E-state index in [0.29, 0.717) is 12.8 Å². The van der Waals surface area contributed by atoms with Gasteiger partial charge in [0.2, 0.25) is 0 Å². The molecule has 0 atom stereocenters. The molecule has 0 saturated carbocycles. The van der Waals surface area contributed by atoms with Crippen molar-refractivity contribution in [1.29, 1.82) is 0 Å². The van der Waals surface area contributed by atoms with Gasteiger partial charge in [-0.25, -0.2) is 9.11 Å². The van der Waals surface area contributed by atoms with Crippen molar-refractivity contribution in [2.75, 3.05) is 19.4 Å². The number of carbonyl (C=O) groups excluding carboxylic acids is 1. The van der Waals surface area contributed by atoms with Crippen molar-refractivity contribution in [3.05, 3.63) is 40.0 Å². The molecule has 150 valence electrons. The molecular weight excluding hydrogens is 387 g/mol. The van der Waals surface area contributed by atoms with Gasteiger partial charge < -0.3 is 9.73 Å². The molecule has 8 nitrogen and oxygen atoms in total. The van der Waals surface area contributed by atoms with E-state index in [9.17, 15) is 17.6 Å². The first-order chi connectivity index (χ1) is 13.3. The SMILES string of the molecule is CN(C)S(=O)(=O)NC(=O)c1coc(Nc2c3c(c(F)c4c2CCC4)CCC3)n1. The zero-order chi connectivity index (χ0) is 20.1. The normalized spacial score (nSPS) is 15.6. The highest BCUT2D eigenvalue weighted by molar-refractivity contribution is 7.87. The third kappa shape index (κ3) is 3.16. The first-order valence-electron chi connectivity index (χ1n) is 9.10. The Hall–Kier alpha value is -2.46. The van der Waals surface area contributed by atoms with Crippen LogP contribution in [0.3, 0.4) is 0 Å². The van der Waals surface area contributed by atoms with Crippen LogP contribution in [-0.2, 0) is 35.9 Å². The maximum absolute atomic E-state index is 14.7. The Labute approximate surface area is 162 Å². The fourth-order valence-corrected chi connectivity index (χ4v) is 4.36. The van der Waals surface area contributed by atoms with Crippen molar-refractivity contribution < 1.29 is 22.0 Å². The quantitative estimate of drug-likeness (QED) is 0.785. The van der Waals surface area contributed by atoms with Crippen LogP contribution in [0.1, 0.15) is 45.6 Å². The number of halogens is 1. The van der Waals surface area contributed by atoms with Crippen molar-refractivity contribution >= 4 is 27.8 Å². The minimum atomic E-state index is -3.93. The summed E-state index contributed by atoms with van der Waals surface area (Å²) in [6, 6.07) is 0.0715. The summed E-state index contributed by atoms with van der Waals surface area (Å²) in [6.45, 7) is 0. The molecule has 2 N–H and O–H groups in total. The summed E-state index contributed by atoms with van der Waals surface area (Å²) in [4.78, 5) is 16.2. The van der Waals surface area contributed by atoms with Crippen molar-refractivity contribution in [3.63, 3.8) is 0 Å². The van der Waals surface area contributed by atoms with Crippen LogP contribution in [0, 0.1) is 5.82 Å². The number of nitrogens with one attached hydrogen (secondary N) is 2. The van der Waals surface area contributed by atoms with Crippen molar-refractivity contribution in [3.8, 4) is 0 Å². The minimum absolute atomic E-state index is 0.0715. The molecule has 0 radical (unpaired) electrons. The fraction of sp³-hybridized carbons (Fsp3) is 0.444. The largest absolute Gasteiger partial charge is 0.431 e. The van der Waals surface area contributed by atoms with E-state index in [1.807, 2.05) is 4.72 Å². The van der Waals surface area contributed by atoms with E-state index in [2.05, 4.69) is 10.3 Å². The zero-order valence-corrected chi connectivity index (χ0v) is 16.5. The van der Waals surface area contributed by atoms with Crippen molar-refractivity contribution in [2.24, 2.45) is 0 Å². The number of benzene rings is 1. The van der Waals surface area contributed by atoms with E-state index in [-0.39, 0.29) is 17.5 Å².